The molecule has 0 radical (unpaired) electrons. The minimum absolute atomic E-state index is 0.510. The van der Waals surface area contributed by atoms with Gasteiger partial charge in [0.15, 0.2) is 6.29 Å². The first-order valence-electron chi connectivity index (χ1n) is 5.44. The molecule has 0 aliphatic carbocycles. The second kappa shape index (κ2) is 5.30. The molecule has 1 heterocycles. The highest BCUT2D eigenvalue weighted by atomic mass is 16.5. The molecule has 0 atom stereocenters. The van der Waals surface area contributed by atoms with Crippen molar-refractivity contribution >= 4 is 6.29 Å². The van der Waals surface area contributed by atoms with Crippen molar-refractivity contribution in [1.29, 1.82) is 0 Å². The Morgan fingerprint density at radius 3 is 2.94 bits per heavy atom. The molecular weight excluding hydrogens is 216 g/mol. The maximum Gasteiger partial charge on any atom is 0.153 e. The lowest BCUT2D eigenvalue weighted by molar-refractivity contribution is 0.111. The molecule has 0 saturated heterocycles. The second-order valence-corrected chi connectivity index (χ2v) is 3.71. The van der Waals surface area contributed by atoms with E-state index < -0.39 is 0 Å². The first kappa shape index (κ1) is 11.4. The van der Waals surface area contributed by atoms with Gasteiger partial charge in [-0.1, -0.05) is 12.1 Å². The van der Waals surface area contributed by atoms with Gasteiger partial charge in [-0.25, -0.2) is 4.98 Å². The van der Waals surface area contributed by atoms with E-state index in [0.717, 1.165) is 18.5 Å². The van der Waals surface area contributed by atoms with Crippen LogP contribution < -0.4 is 4.74 Å². The Morgan fingerprint density at radius 2 is 2.24 bits per heavy atom. The van der Waals surface area contributed by atoms with Crippen molar-refractivity contribution in [3.05, 3.63) is 48.0 Å². The summed E-state index contributed by atoms with van der Waals surface area (Å²) in [5, 5.41) is 0. The second-order valence-electron chi connectivity index (χ2n) is 3.71. The van der Waals surface area contributed by atoms with E-state index in [1.165, 1.54) is 0 Å². The molecule has 1 aromatic carbocycles. The third-order valence-electron chi connectivity index (χ3n) is 2.55. The number of carbonyl (C=O) groups is 1. The summed E-state index contributed by atoms with van der Waals surface area (Å²) in [5.74, 6) is 1.59. The van der Waals surface area contributed by atoms with Gasteiger partial charge in [-0.05, 0) is 12.1 Å². The van der Waals surface area contributed by atoms with Crippen molar-refractivity contribution in [3.63, 3.8) is 0 Å². The number of aldehydes is 1. The van der Waals surface area contributed by atoms with Crippen LogP contribution in [0.2, 0.25) is 0 Å². The summed E-state index contributed by atoms with van der Waals surface area (Å²) < 4.78 is 7.53. The van der Waals surface area contributed by atoms with Crippen LogP contribution in [0.25, 0.3) is 0 Å². The molecule has 0 N–H and O–H groups in total. The molecule has 0 aliphatic heterocycles. The van der Waals surface area contributed by atoms with Crippen LogP contribution in [0.5, 0.6) is 5.75 Å². The number of hydrogen-bond acceptors (Lipinski definition) is 3. The van der Waals surface area contributed by atoms with Crippen LogP contribution in [0, 0.1) is 0 Å². The molecule has 0 unspecified atom stereocenters. The van der Waals surface area contributed by atoms with Gasteiger partial charge in [-0.3, -0.25) is 4.79 Å². The Balaban J connectivity index is 1.94. The molecule has 0 amide bonds. The van der Waals surface area contributed by atoms with Crippen LogP contribution in [0.1, 0.15) is 16.2 Å². The molecule has 17 heavy (non-hydrogen) atoms. The fraction of sp³-hybridized carbons (Fsp3) is 0.231. The van der Waals surface area contributed by atoms with Crippen LogP contribution >= 0.6 is 0 Å². The number of aryl methyl sites for hydroxylation is 1. The van der Waals surface area contributed by atoms with E-state index >= 15 is 0 Å². The van der Waals surface area contributed by atoms with Gasteiger partial charge in [-0.15, -0.1) is 0 Å². The third-order valence-corrected chi connectivity index (χ3v) is 2.55. The summed E-state index contributed by atoms with van der Waals surface area (Å²) in [6, 6.07) is 7.20. The van der Waals surface area contributed by atoms with Crippen molar-refractivity contribution in [2.75, 3.05) is 6.61 Å². The summed E-state index contributed by atoms with van der Waals surface area (Å²) in [7, 11) is 1.95. The number of ether oxygens (including phenoxy) is 1. The van der Waals surface area contributed by atoms with Crippen LogP contribution in [0.4, 0.5) is 0 Å². The average Bonchev–Trinajstić information content (AvgIpc) is 2.76. The van der Waals surface area contributed by atoms with E-state index in [1.54, 1.807) is 18.3 Å². The maximum atomic E-state index is 10.8. The normalized spacial score (nSPS) is 10.2. The predicted octanol–water partition coefficient (Wildman–Crippen LogP) is 1.85. The van der Waals surface area contributed by atoms with Crippen LogP contribution in [0.3, 0.4) is 0 Å². The standard InChI is InChI=1S/C13H14N2O2/c1-15-8-7-14-13(15)6-9-17-12-5-3-2-4-11(12)10-16/h2-5,7-8,10H,6,9H2,1H3. The van der Waals surface area contributed by atoms with E-state index in [-0.39, 0.29) is 0 Å². The molecule has 0 fully saturated rings. The molecule has 4 heteroatoms. The summed E-state index contributed by atoms with van der Waals surface area (Å²) in [5.41, 5.74) is 0.576. The van der Waals surface area contributed by atoms with Crippen molar-refractivity contribution in [2.45, 2.75) is 6.42 Å². The van der Waals surface area contributed by atoms with E-state index in [4.69, 9.17) is 4.74 Å². The molecule has 88 valence electrons. The predicted molar refractivity (Wildman–Crippen MR) is 64.2 cm³/mol. The maximum absolute atomic E-state index is 10.8. The first-order valence-corrected chi connectivity index (χ1v) is 5.44. The number of rotatable bonds is 5. The van der Waals surface area contributed by atoms with Gasteiger partial charge < -0.3 is 9.30 Å². The third kappa shape index (κ3) is 2.72. The Morgan fingerprint density at radius 1 is 1.41 bits per heavy atom. The quantitative estimate of drug-likeness (QED) is 0.736. The highest BCUT2D eigenvalue weighted by Crippen LogP contribution is 2.15. The van der Waals surface area contributed by atoms with Gasteiger partial charge >= 0.3 is 0 Å². The van der Waals surface area contributed by atoms with Crippen LogP contribution in [-0.4, -0.2) is 22.4 Å². The monoisotopic (exact) mass is 230 g/mol. The summed E-state index contributed by atoms with van der Waals surface area (Å²) in [4.78, 5) is 15.0. The van der Waals surface area contributed by atoms with E-state index in [0.29, 0.717) is 17.9 Å². The van der Waals surface area contributed by atoms with Crippen LogP contribution in [0.15, 0.2) is 36.7 Å². The topological polar surface area (TPSA) is 44.1 Å². The number of benzene rings is 1. The molecule has 0 saturated carbocycles. The van der Waals surface area contributed by atoms with Gasteiger partial charge in [-0.2, -0.15) is 0 Å². The SMILES string of the molecule is Cn1ccnc1CCOc1ccccc1C=O. The largest absolute Gasteiger partial charge is 0.492 e. The van der Waals surface area contributed by atoms with Gasteiger partial charge in [0, 0.05) is 25.9 Å². The van der Waals surface area contributed by atoms with E-state index in [2.05, 4.69) is 4.98 Å². The van der Waals surface area contributed by atoms with Gasteiger partial charge in [0.25, 0.3) is 0 Å². The lowest BCUT2D eigenvalue weighted by Gasteiger charge is -2.07. The summed E-state index contributed by atoms with van der Waals surface area (Å²) in [6.45, 7) is 0.510. The molecule has 0 bridgehead atoms. The molecule has 4 nitrogen and oxygen atoms in total. The molecule has 0 spiro atoms. The zero-order chi connectivity index (χ0) is 12.1. The Labute approximate surface area is 99.9 Å². The zero-order valence-corrected chi connectivity index (χ0v) is 9.67. The highest BCUT2D eigenvalue weighted by molar-refractivity contribution is 5.79. The fourth-order valence-electron chi connectivity index (χ4n) is 1.60. The Kier molecular flexibility index (Phi) is 3.55. The number of aromatic nitrogens is 2. The molecule has 1 aromatic heterocycles. The average molecular weight is 230 g/mol. The first-order chi connectivity index (χ1) is 8.31. The van der Waals surface area contributed by atoms with Crippen molar-refractivity contribution in [2.24, 2.45) is 7.05 Å². The highest BCUT2D eigenvalue weighted by Gasteiger charge is 2.03. The number of para-hydroxylation sites is 1. The summed E-state index contributed by atoms with van der Waals surface area (Å²) in [6.07, 6.45) is 5.18. The molecule has 2 rings (SSSR count). The zero-order valence-electron chi connectivity index (χ0n) is 9.67. The number of hydrogen-bond donors (Lipinski definition) is 0. The Bertz CT molecular complexity index is 506. The van der Waals surface area contributed by atoms with Gasteiger partial charge in [0.1, 0.15) is 11.6 Å². The van der Waals surface area contributed by atoms with Crippen molar-refractivity contribution in [1.82, 2.24) is 9.55 Å². The Hall–Kier alpha value is -2.10. The number of carbonyl (C=O) groups excluding carboxylic acids is 1. The van der Waals surface area contributed by atoms with E-state index in [1.807, 2.05) is 29.9 Å². The lowest BCUT2D eigenvalue weighted by atomic mass is 10.2. The van der Waals surface area contributed by atoms with E-state index in [9.17, 15) is 4.79 Å². The molecule has 2 aromatic rings. The fourth-order valence-corrected chi connectivity index (χ4v) is 1.60. The minimum Gasteiger partial charge on any atom is -0.492 e. The molecular formula is C13H14N2O2. The van der Waals surface area contributed by atoms with Crippen molar-refractivity contribution in [3.8, 4) is 5.75 Å². The smallest absolute Gasteiger partial charge is 0.153 e. The molecule has 0 aliphatic rings. The van der Waals surface area contributed by atoms with Crippen LogP contribution in [-0.2, 0) is 13.5 Å². The number of imidazole rings is 1. The minimum atomic E-state index is 0.510. The van der Waals surface area contributed by atoms with Gasteiger partial charge in [0.05, 0.1) is 12.2 Å². The lowest BCUT2D eigenvalue weighted by Crippen LogP contribution is -2.07. The summed E-state index contributed by atoms with van der Waals surface area (Å²) >= 11 is 0. The van der Waals surface area contributed by atoms with Gasteiger partial charge in [0.2, 0.25) is 0 Å². The number of nitrogens with zero attached hydrogens (tertiary/aromatic N) is 2. The van der Waals surface area contributed by atoms with Crippen molar-refractivity contribution < 1.29 is 9.53 Å².